The maximum absolute atomic E-state index is 12.7. The van der Waals surface area contributed by atoms with E-state index < -0.39 is 13.3 Å². The Balaban J connectivity index is 2.02. The molecule has 26 heavy (non-hydrogen) atoms. The molecule has 0 heterocycles. The molecule has 0 radical (unpaired) electrons. The number of carbonyl (C=O) groups excluding carboxylic acids is 1. The van der Waals surface area contributed by atoms with E-state index in [1.807, 2.05) is 18.2 Å². The van der Waals surface area contributed by atoms with Gasteiger partial charge in [-0.1, -0.05) is 30.3 Å². The Morgan fingerprint density at radius 3 is 2.08 bits per heavy atom. The molecule has 0 fully saturated rings. The fraction of sp³-hybridized carbons (Fsp3) is 0.350. The van der Waals surface area contributed by atoms with Crippen LogP contribution in [0.25, 0.3) is 0 Å². The summed E-state index contributed by atoms with van der Waals surface area (Å²) in [5.41, 5.74) is 1.06. The fourth-order valence-corrected chi connectivity index (χ4v) is 4.07. The quantitative estimate of drug-likeness (QED) is 0.453. The number of hydrogen-bond donors (Lipinski definition) is 0. The summed E-state index contributed by atoms with van der Waals surface area (Å²) >= 11 is 0. The van der Waals surface area contributed by atoms with Crippen molar-refractivity contribution in [2.24, 2.45) is 0 Å². The molecule has 0 saturated carbocycles. The number of methoxy groups -OCH3 is 3. The Bertz CT molecular complexity index is 733. The Morgan fingerprint density at radius 2 is 1.54 bits per heavy atom. The summed E-state index contributed by atoms with van der Waals surface area (Å²) in [6.07, 6.45) is 2.93. The number of ether oxygens (including phenoxy) is 3. The SMILES string of the molecule is COc1cc(OC)c(C(=O)[PH](=O)CCCCc2ccccc2)c(OC)c1. The van der Waals surface area contributed by atoms with Crippen molar-refractivity contribution in [3.63, 3.8) is 0 Å². The van der Waals surface area contributed by atoms with Crippen LogP contribution in [0.3, 0.4) is 0 Å². The summed E-state index contributed by atoms with van der Waals surface area (Å²) < 4.78 is 28.3. The normalized spacial score (nSPS) is 11.7. The molecular formula is C20H25O5P. The van der Waals surface area contributed by atoms with E-state index in [1.165, 1.54) is 26.9 Å². The van der Waals surface area contributed by atoms with Crippen LogP contribution in [0.4, 0.5) is 0 Å². The molecule has 6 heteroatoms. The highest BCUT2D eigenvalue weighted by Gasteiger charge is 2.24. The van der Waals surface area contributed by atoms with Gasteiger partial charge in [0, 0.05) is 18.3 Å². The highest BCUT2D eigenvalue weighted by molar-refractivity contribution is 7.64. The van der Waals surface area contributed by atoms with Crippen LogP contribution in [0.15, 0.2) is 42.5 Å². The van der Waals surface area contributed by atoms with Gasteiger partial charge in [0.15, 0.2) is 0 Å². The van der Waals surface area contributed by atoms with E-state index in [1.54, 1.807) is 12.1 Å². The number of unbranched alkanes of at least 4 members (excludes halogenated alkanes) is 1. The lowest BCUT2D eigenvalue weighted by Crippen LogP contribution is -2.04. The van der Waals surface area contributed by atoms with Crippen molar-refractivity contribution in [2.45, 2.75) is 19.3 Å². The second kappa shape index (κ2) is 10.0. The lowest BCUT2D eigenvalue weighted by molar-refractivity contribution is 0.107. The van der Waals surface area contributed by atoms with Gasteiger partial charge in [0.25, 0.3) is 0 Å². The molecule has 0 aliphatic heterocycles. The molecule has 0 N–H and O–H groups in total. The summed E-state index contributed by atoms with van der Waals surface area (Å²) in [6, 6.07) is 13.3. The first-order chi connectivity index (χ1) is 12.6. The van der Waals surface area contributed by atoms with Gasteiger partial charge in [-0.15, -0.1) is 0 Å². The van der Waals surface area contributed by atoms with E-state index in [0.29, 0.717) is 23.4 Å². The molecule has 0 amide bonds. The standard InChI is InChI=1S/C20H25O5P/c1-23-16-13-17(24-2)19(18(14-16)25-3)20(21)26(22)12-8-7-11-15-9-5-4-6-10-15/h4-6,9-10,13-14,26H,7-8,11-12H2,1-3H3. The predicted octanol–water partition coefficient (Wildman–Crippen LogP) is 4.44. The second-order valence-corrected chi connectivity index (χ2v) is 7.65. The average molecular weight is 376 g/mol. The first kappa shape index (κ1) is 20.1. The molecule has 140 valence electrons. The monoisotopic (exact) mass is 376 g/mol. The van der Waals surface area contributed by atoms with E-state index in [4.69, 9.17) is 14.2 Å². The van der Waals surface area contributed by atoms with E-state index in [-0.39, 0.29) is 5.56 Å². The first-order valence-corrected chi connectivity index (χ1v) is 10.1. The lowest BCUT2D eigenvalue weighted by atomic mass is 10.1. The highest BCUT2D eigenvalue weighted by Crippen LogP contribution is 2.40. The summed E-state index contributed by atoms with van der Waals surface area (Å²) in [4.78, 5) is 12.7. The minimum absolute atomic E-state index is 0.225. The number of carbonyl (C=O) groups is 1. The zero-order valence-corrected chi connectivity index (χ0v) is 16.4. The van der Waals surface area contributed by atoms with Gasteiger partial charge in [0.2, 0.25) is 5.52 Å². The van der Waals surface area contributed by atoms with Gasteiger partial charge in [-0.2, -0.15) is 0 Å². The summed E-state index contributed by atoms with van der Waals surface area (Å²) in [5, 5.41) is 0. The third-order valence-corrected chi connectivity index (χ3v) is 5.72. The predicted molar refractivity (Wildman–Crippen MR) is 104 cm³/mol. The minimum Gasteiger partial charge on any atom is -0.496 e. The van der Waals surface area contributed by atoms with Gasteiger partial charge in [-0.3, -0.25) is 4.79 Å². The van der Waals surface area contributed by atoms with Crippen LogP contribution in [-0.4, -0.2) is 33.0 Å². The Morgan fingerprint density at radius 1 is 0.923 bits per heavy atom. The van der Waals surface area contributed by atoms with Crippen LogP contribution in [-0.2, 0) is 11.0 Å². The van der Waals surface area contributed by atoms with Crippen LogP contribution in [0.1, 0.15) is 28.8 Å². The molecule has 0 aromatic heterocycles. The molecular weight excluding hydrogens is 351 g/mol. The van der Waals surface area contributed by atoms with Gasteiger partial charge in [0.05, 0.1) is 21.3 Å². The summed E-state index contributed by atoms with van der Waals surface area (Å²) in [7, 11) is 1.99. The Hall–Kier alpha value is -2.26. The smallest absolute Gasteiger partial charge is 0.225 e. The molecule has 0 spiro atoms. The molecule has 2 aromatic carbocycles. The van der Waals surface area contributed by atoms with Gasteiger partial charge < -0.3 is 18.8 Å². The zero-order chi connectivity index (χ0) is 18.9. The van der Waals surface area contributed by atoms with E-state index >= 15 is 0 Å². The maximum atomic E-state index is 12.7. The molecule has 0 saturated heterocycles. The van der Waals surface area contributed by atoms with E-state index in [2.05, 4.69) is 12.1 Å². The van der Waals surface area contributed by atoms with E-state index in [0.717, 1.165) is 19.3 Å². The lowest BCUT2D eigenvalue weighted by Gasteiger charge is -2.14. The van der Waals surface area contributed by atoms with Crippen molar-refractivity contribution >= 4 is 13.3 Å². The molecule has 5 nitrogen and oxygen atoms in total. The van der Waals surface area contributed by atoms with Crippen LogP contribution < -0.4 is 14.2 Å². The van der Waals surface area contributed by atoms with Crippen molar-refractivity contribution in [3.05, 3.63) is 53.6 Å². The average Bonchev–Trinajstić information content (AvgIpc) is 2.70. The van der Waals surface area contributed by atoms with Crippen LogP contribution >= 0.6 is 7.80 Å². The summed E-state index contributed by atoms with van der Waals surface area (Å²) in [5.74, 6) is 1.14. The number of rotatable bonds is 10. The van der Waals surface area contributed by atoms with Crippen LogP contribution in [0.2, 0.25) is 0 Å². The fourth-order valence-electron chi connectivity index (χ4n) is 2.74. The Kier molecular flexibility index (Phi) is 7.73. The van der Waals surface area contributed by atoms with Gasteiger partial charge in [-0.05, 0) is 24.8 Å². The maximum Gasteiger partial charge on any atom is 0.225 e. The Labute approximate surface area is 155 Å². The minimum atomic E-state index is -2.45. The first-order valence-electron chi connectivity index (χ1n) is 8.52. The molecule has 0 aliphatic rings. The van der Waals surface area contributed by atoms with Crippen molar-refractivity contribution in [3.8, 4) is 17.2 Å². The van der Waals surface area contributed by atoms with Gasteiger partial charge >= 0.3 is 0 Å². The third kappa shape index (κ3) is 5.12. The largest absolute Gasteiger partial charge is 0.496 e. The van der Waals surface area contributed by atoms with Crippen molar-refractivity contribution in [1.29, 1.82) is 0 Å². The molecule has 1 unspecified atom stereocenters. The number of aryl methyl sites for hydroxylation is 1. The third-order valence-electron chi connectivity index (χ3n) is 4.16. The summed E-state index contributed by atoms with van der Waals surface area (Å²) in [6.45, 7) is 0. The number of benzene rings is 2. The van der Waals surface area contributed by atoms with E-state index in [9.17, 15) is 9.36 Å². The van der Waals surface area contributed by atoms with Gasteiger partial charge in [0.1, 0.15) is 30.6 Å². The second-order valence-electron chi connectivity index (χ2n) is 5.85. The molecule has 0 aliphatic carbocycles. The van der Waals surface area contributed by atoms with Crippen molar-refractivity contribution in [1.82, 2.24) is 0 Å². The molecule has 2 rings (SSSR count). The van der Waals surface area contributed by atoms with Crippen molar-refractivity contribution in [2.75, 3.05) is 27.5 Å². The van der Waals surface area contributed by atoms with Crippen LogP contribution in [0, 0.1) is 0 Å². The van der Waals surface area contributed by atoms with Crippen molar-refractivity contribution < 1.29 is 23.6 Å². The molecule has 2 aromatic rings. The zero-order valence-electron chi connectivity index (χ0n) is 15.4. The molecule has 0 bridgehead atoms. The number of hydrogen-bond acceptors (Lipinski definition) is 5. The van der Waals surface area contributed by atoms with Gasteiger partial charge in [-0.25, -0.2) is 0 Å². The molecule has 1 atom stereocenters. The van der Waals surface area contributed by atoms with Crippen LogP contribution in [0.5, 0.6) is 17.2 Å². The topological polar surface area (TPSA) is 61.8 Å². The highest BCUT2D eigenvalue weighted by atomic mass is 31.1.